The minimum absolute atomic E-state index is 0.0933. The van der Waals surface area contributed by atoms with Crippen molar-refractivity contribution in [2.75, 3.05) is 0 Å². The van der Waals surface area contributed by atoms with Gasteiger partial charge in [-0.2, -0.15) is 0 Å². The molecule has 0 aromatic rings. The molecule has 1 unspecified atom stereocenters. The van der Waals surface area contributed by atoms with Crippen LogP contribution in [0.15, 0.2) is 0 Å². The zero-order chi connectivity index (χ0) is 13.3. The van der Waals surface area contributed by atoms with Crippen molar-refractivity contribution in [3.8, 4) is 0 Å². The maximum Gasteiger partial charge on any atom is 0.216 e. The van der Waals surface area contributed by atoms with Crippen molar-refractivity contribution in [2.45, 2.75) is 81.7 Å². The molecule has 0 saturated heterocycles. The van der Waals surface area contributed by atoms with Gasteiger partial charge < -0.3 is 4.74 Å². The van der Waals surface area contributed by atoms with Crippen LogP contribution in [-0.2, 0) is 4.74 Å². The molecular weight excluding hydrogens is 279 g/mol. The van der Waals surface area contributed by atoms with Crippen molar-refractivity contribution in [3.63, 3.8) is 0 Å². The molecule has 0 aromatic carbocycles. The summed E-state index contributed by atoms with van der Waals surface area (Å²) >= 11 is 17.7. The standard InChI is InChI=1S/C13H25Cl3O/c1-4-5-6-7-8-9-10-12(13(14,15)16)17-11(2)3/h11-12H,4-10H2,1-3H3. The van der Waals surface area contributed by atoms with E-state index >= 15 is 0 Å². The highest BCUT2D eigenvalue weighted by molar-refractivity contribution is 6.68. The van der Waals surface area contributed by atoms with E-state index in [0.29, 0.717) is 0 Å². The number of halogens is 3. The molecular formula is C13H25Cl3O. The number of ether oxygens (including phenoxy) is 1. The number of rotatable bonds is 9. The molecule has 0 N–H and O–H groups in total. The molecule has 0 saturated carbocycles. The van der Waals surface area contributed by atoms with Gasteiger partial charge in [0, 0.05) is 0 Å². The molecule has 104 valence electrons. The third-order valence-electron chi connectivity index (χ3n) is 2.62. The summed E-state index contributed by atoms with van der Waals surface area (Å²) < 4.78 is 4.33. The first kappa shape index (κ1) is 17.8. The van der Waals surface area contributed by atoms with E-state index < -0.39 is 3.79 Å². The van der Waals surface area contributed by atoms with E-state index in [2.05, 4.69) is 6.92 Å². The van der Waals surface area contributed by atoms with Gasteiger partial charge in [0.05, 0.1) is 6.10 Å². The van der Waals surface area contributed by atoms with Crippen LogP contribution in [0.25, 0.3) is 0 Å². The molecule has 0 bridgehead atoms. The van der Waals surface area contributed by atoms with E-state index in [9.17, 15) is 0 Å². The quantitative estimate of drug-likeness (QED) is 0.380. The number of unbranched alkanes of at least 4 members (excludes halogenated alkanes) is 5. The Morgan fingerprint density at radius 2 is 1.47 bits per heavy atom. The predicted molar refractivity (Wildman–Crippen MR) is 78.3 cm³/mol. The van der Waals surface area contributed by atoms with E-state index in [0.717, 1.165) is 12.8 Å². The van der Waals surface area contributed by atoms with Crippen LogP contribution in [-0.4, -0.2) is 16.0 Å². The summed E-state index contributed by atoms with van der Waals surface area (Å²) in [6, 6.07) is 0. The first-order chi connectivity index (χ1) is 7.88. The number of hydrogen-bond donors (Lipinski definition) is 0. The van der Waals surface area contributed by atoms with E-state index in [4.69, 9.17) is 39.5 Å². The summed E-state index contributed by atoms with van der Waals surface area (Å²) in [4.78, 5) is 0. The van der Waals surface area contributed by atoms with Crippen molar-refractivity contribution >= 4 is 34.8 Å². The Balaban J connectivity index is 3.77. The fraction of sp³-hybridized carbons (Fsp3) is 1.00. The van der Waals surface area contributed by atoms with Crippen LogP contribution < -0.4 is 0 Å². The zero-order valence-electron chi connectivity index (χ0n) is 11.1. The molecule has 1 atom stereocenters. The van der Waals surface area contributed by atoms with Crippen LogP contribution in [0.1, 0.15) is 65.7 Å². The van der Waals surface area contributed by atoms with Crippen molar-refractivity contribution in [1.29, 1.82) is 0 Å². The fourth-order valence-corrected chi connectivity index (χ4v) is 2.23. The van der Waals surface area contributed by atoms with Gasteiger partial charge in [-0.1, -0.05) is 80.3 Å². The third-order valence-corrected chi connectivity index (χ3v) is 3.35. The smallest absolute Gasteiger partial charge is 0.216 e. The van der Waals surface area contributed by atoms with E-state index in [-0.39, 0.29) is 12.2 Å². The van der Waals surface area contributed by atoms with Gasteiger partial charge in [-0.25, -0.2) is 0 Å². The Labute approximate surface area is 121 Å². The second kappa shape index (κ2) is 9.72. The topological polar surface area (TPSA) is 9.23 Å². The Bertz CT molecular complexity index is 178. The molecule has 0 aliphatic heterocycles. The summed E-state index contributed by atoms with van der Waals surface area (Å²) in [7, 11) is 0. The van der Waals surface area contributed by atoms with Crippen LogP contribution in [0.3, 0.4) is 0 Å². The van der Waals surface area contributed by atoms with E-state index in [1.54, 1.807) is 0 Å². The summed E-state index contributed by atoms with van der Waals surface area (Å²) in [6.07, 6.45) is 8.04. The van der Waals surface area contributed by atoms with Crippen molar-refractivity contribution in [1.82, 2.24) is 0 Å². The molecule has 0 radical (unpaired) electrons. The molecule has 0 aliphatic rings. The highest BCUT2D eigenvalue weighted by Crippen LogP contribution is 2.35. The van der Waals surface area contributed by atoms with Crippen LogP contribution >= 0.6 is 34.8 Å². The van der Waals surface area contributed by atoms with Gasteiger partial charge in [0.15, 0.2) is 0 Å². The second-order valence-electron chi connectivity index (χ2n) is 4.77. The highest BCUT2D eigenvalue weighted by atomic mass is 35.6. The lowest BCUT2D eigenvalue weighted by molar-refractivity contribution is 0.00429. The van der Waals surface area contributed by atoms with Gasteiger partial charge in [-0.05, 0) is 20.3 Å². The minimum Gasteiger partial charge on any atom is -0.371 e. The third kappa shape index (κ3) is 10.4. The average Bonchev–Trinajstić information content (AvgIpc) is 2.19. The molecule has 4 heteroatoms. The number of hydrogen-bond acceptors (Lipinski definition) is 1. The molecule has 0 fully saturated rings. The fourth-order valence-electron chi connectivity index (χ4n) is 1.75. The largest absolute Gasteiger partial charge is 0.371 e. The Hall–Kier alpha value is 0.830. The lowest BCUT2D eigenvalue weighted by Crippen LogP contribution is -2.31. The Morgan fingerprint density at radius 3 is 1.94 bits per heavy atom. The van der Waals surface area contributed by atoms with Gasteiger partial charge in [0.2, 0.25) is 3.79 Å². The normalized spacial score (nSPS) is 14.3. The van der Waals surface area contributed by atoms with Crippen molar-refractivity contribution in [2.24, 2.45) is 0 Å². The monoisotopic (exact) mass is 302 g/mol. The van der Waals surface area contributed by atoms with Gasteiger partial charge >= 0.3 is 0 Å². The first-order valence-corrected chi connectivity index (χ1v) is 7.73. The summed E-state index contributed by atoms with van der Waals surface area (Å²) in [5.41, 5.74) is 0. The van der Waals surface area contributed by atoms with Gasteiger partial charge in [-0.3, -0.25) is 0 Å². The van der Waals surface area contributed by atoms with Gasteiger partial charge in [-0.15, -0.1) is 0 Å². The maximum atomic E-state index is 5.91. The van der Waals surface area contributed by atoms with E-state index in [1.807, 2.05) is 13.8 Å². The lowest BCUT2D eigenvalue weighted by atomic mass is 10.1. The van der Waals surface area contributed by atoms with Crippen LogP contribution in [0.2, 0.25) is 0 Å². The summed E-state index contributed by atoms with van der Waals surface area (Å²) in [5.74, 6) is 0. The Kier molecular flexibility index (Phi) is 10.2. The molecule has 0 aliphatic carbocycles. The van der Waals surface area contributed by atoms with Crippen molar-refractivity contribution < 1.29 is 4.74 Å². The maximum absolute atomic E-state index is 5.91. The lowest BCUT2D eigenvalue weighted by Gasteiger charge is -2.26. The summed E-state index contributed by atoms with van der Waals surface area (Å²) in [6.45, 7) is 6.14. The van der Waals surface area contributed by atoms with Crippen LogP contribution in [0.5, 0.6) is 0 Å². The van der Waals surface area contributed by atoms with Crippen LogP contribution in [0.4, 0.5) is 0 Å². The zero-order valence-corrected chi connectivity index (χ0v) is 13.4. The molecule has 0 aromatic heterocycles. The molecule has 0 rings (SSSR count). The van der Waals surface area contributed by atoms with E-state index in [1.165, 1.54) is 32.1 Å². The van der Waals surface area contributed by atoms with Crippen molar-refractivity contribution in [3.05, 3.63) is 0 Å². The minimum atomic E-state index is -1.31. The second-order valence-corrected chi connectivity index (χ2v) is 7.14. The molecule has 1 nitrogen and oxygen atoms in total. The molecule has 0 spiro atoms. The van der Waals surface area contributed by atoms with Gasteiger partial charge in [0.1, 0.15) is 6.10 Å². The first-order valence-electron chi connectivity index (χ1n) is 6.60. The Morgan fingerprint density at radius 1 is 0.941 bits per heavy atom. The molecule has 17 heavy (non-hydrogen) atoms. The molecule has 0 heterocycles. The summed E-state index contributed by atoms with van der Waals surface area (Å²) in [5, 5.41) is 0. The highest BCUT2D eigenvalue weighted by Gasteiger charge is 2.33. The number of alkyl halides is 3. The predicted octanol–water partition coefficient (Wildman–Crippen LogP) is 5.90. The van der Waals surface area contributed by atoms with Gasteiger partial charge in [0.25, 0.3) is 0 Å². The SMILES string of the molecule is CCCCCCCCC(OC(C)C)C(Cl)(Cl)Cl. The van der Waals surface area contributed by atoms with Crippen LogP contribution in [0, 0.1) is 0 Å². The average molecular weight is 304 g/mol. The molecule has 0 amide bonds.